The van der Waals surface area contributed by atoms with Gasteiger partial charge in [-0.3, -0.25) is 0 Å². The number of hydrogen-bond donors (Lipinski definition) is 2. The number of aliphatic hydroxyl groups excluding tert-OH is 1. The van der Waals surface area contributed by atoms with E-state index < -0.39 is 0 Å². The van der Waals surface area contributed by atoms with Crippen LogP contribution in [0.5, 0.6) is 0 Å². The van der Waals surface area contributed by atoms with Gasteiger partial charge in [-0.2, -0.15) is 0 Å². The normalized spacial score (nSPS) is 21.2. The van der Waals surface area contributed by atoms with Crippen molar-refractivity contribution in [3.63, 3.8) is 0 Å². The van der Waals surface area contributed by atoms with Gasteiger partial charge in [0, 0.05) is 17.5 Å². The molecule has 96 valence electrons. The highest BCUT2D eigenvalue weighted by Crippen LogP contribution is 2.37. The third-order valence-corrected chi connectivity index (χ3v) is 5.13. The van der Waals surface area contributed by atoms with Gasteiger partial charge >= 0.3 is 0 Å². The molecule has 1 aliphatic rings. The Labute approximate surface area is 116 Å². The van der Waals surface area contributed by atoms with Gasteiger partial charge < -0.3 is 10.4 Å². The first kappa shape index (κ1) is 13.5. The van der Waals surface area contributed by atoms with Gasteiger partial charge in [-0.25, -0.2) is 0 Å². The zero-order chi connectivity index (χ0) is 12.3. The molecule has 2 nitrogen and oxygen atoms in total. The maximum atomic E-state index is 8.90. The van der Waals surface area contributed by atoms with E-state index in [9.17, 15) is 0 Å². The number of nitrogens with one attached hydrogen (secondary N) is 1. The van der Waals surface area contributed by atoms with Crippen LogP contribution < -0.4 is 5.32 Å². The zero-order valence-corrected chi connectivity index (χ0v) is 12.6. The van der Waals surface area contributed by atoms with Crippen LogP contribution in [0.25, 0.3) is 0 Å². The molecule has 1 aliphatic carbocycles. The molecule has 0 fully saturated rings. The van der Waals surface area contributed by atoms with Gasteiger partial charge in [0.15, 0.2) is 0 Å². The SMILES string of the molecule is CC(CCO)CNC1CCCc2sc(Br)cc21. The predicted octanol–water partition coefficient (Wildman–Crippen LogP) is 3.50. The number of thiophene rings is 1. The lowest BCUT2D eigenvalue weighted by molar-refractivity contribution is 0.256. The van der Waals surface area contributed by atoms with Crippen molar-refractivity contribution < 1.29 is 5.11 Å². The molecule has 2 unspecified atom stereocenters. The van der Waals surface area contributed by atoms with Crippen LogP contribution in [0.15, 0.2) is 9.85 Å². The van der Waals surface area contributed by atoms with Crippen LogP contribution in [0.2, 0.25) is 0 Å². The summed E-state index contributed by atoms with van der Waals surface area (Å²) in [6.07, 6.45) is 4.64. The second kappa shape index (κ2) is 6.32. The third kappa shape index (κ3) is 3.53. The molecular formula is C13H20BrNOS. The summed E-state index contributed by atoms with van der Waals surface area (Å²) in [6, 6.07) is 2.79. The fraction of sp³-hybridized carbons (Fsp3) is 0.692. The van der Waals surface area contributed by atoms with Crippen molar-refractivity contribution in [2.45, 2.75) is 38.6 Å². The minimum Gasteiger partial charge on any atom is -0.396 e. The maximum Gasteiger partial charge on any atom is 0.0704 e. The lowest BCUT2D eigenvalue weighted by Gasteiger charge is -2.25. The summed E-state index contributed by atoms with van der Waals surface area (Å²) in [4.78, 5) is 1.54. The molecule has 2 atom stereocenters. The monoisotopic (exact) mass is 317 g/mol. The topological polar surface area (TPSA) is 32.3 Å². The fourth-order valence-corrected chi connectivity index (χ4v) is 4.22. The molecule has 2 N–H and O–H groups in total. The summed E-state index contributed by atoms with van der Waals surface area (Å²) in [5.41, 5.74) is 1.49. The molecule has 1 heterocycles. The molecule has 2 rings (SSSR count). The molecule has 0 aliphatic heterocycles. The second-order valence-corrected chi connectivity index (χ2v) is 7.42. The predicted molar refractivity (Wildman–Crippen MR) is 76.6 cm³/mol. The largest absolute Gasteiger partial charge is 0.396 e. The van der Waals surface area contributed by atoms with Gasteiger partial charge in [-0.05, 0) is 65.7 Å². The van der Waals surface area contributed by atoms with E-state index in [1.54, 1.807) is 0 Å². The van der Waals surface area contributed by atoms with Gasteiger partial charge in [0.1, 0.15) is 0 Å². The molecule has 0 spiro atoms. The van der Waals surface area contributed by atoms with E-state index in [0.29, 0.717) is 18.6 Å². The van der Waals surface area contributed by atoms with E-state index in [-0.39, 0.29) is 0 Å². The molecular weight excluding hydrogens is 298 g/mol. The molecule has 4 heteroatoms. The highest BCUT2D eigenvalue weighted by molar-refractivity contribution is 9.11. The Hall–Kier alpha value is 0.100. The van der Waals surface area contributed by atoms with Crippen molar-refractivity contribution in [1.82, 2.24) is 5.32 Å². The first-order chi connectivity index (χ1) is 8.20. The Morgan fingerprint density at radius 3 is 3.24 bits per heavy atom. The van der Waals surface area contributed by atoms with Crippen molar-refractivity contribution in [3.05, 3.63) is 20.3 Å². The van der Waals surface area contributed by atoms with Gasteiger partial charge in [0.05, 0.1) is 3.79 Å². The van der Waals surface area contributed by atoms with Crippen LogP contribution in [0.3, 0.4) is 0 Å². The third-order valence-electron chi connectivity index (χ3n) is 3.42. The van der Waals surface area contributed by atoms with Crippen molar-refractivity contribution >= 4 is 27.3 Å². The maximum absolute atomic E-state index is 8.90. The Kier molecular flexibility index (Phi) is 5.03. The number of aryl methyl sites for hydroxylation is 1. The molecule has 0 bridgehead atoms. The Balaban J connectivity index is 1.94. The highest BCUT2D eigenvalue weighted by atomic mass is 79.9. The Morgan fingerprint density at radius 2 is 2.47 bits per heavy atom. The van der Waals surface area contributed by atoms with E-state index >= 15 is 0 Å². The van der Waals surface area contributed by atoms with Crippen molar-refractivity contribution in [2.24, 2.45) is 5.92 Å². The number of aliphatic hydroxyl groups is 1. The number of halogens is 1. The minimum absolute atomic E-state index is 0.294. The van der Waals surface area contributed by atoms with E-state index in [4.69, 9.17) is 5.11 Å². The van der Waals surface area contributed by atoms with Gasteiger partial charge in [-0.15, -0.1) is 11.3 Å². The Morgan fingerprint density at radius 1 is 1.65 bits per heavy atom. The van der Waals surface area contributed by atoms with E-state index in [1.807, 2.05) is 11.3 Å². The lowest BCUT2D eigenvalue weighted by atomic mass is 9.93. The first-order valence-electron chi connectivity index (χ1n) is 6.33. The molecule has 0 saturated heterocycles. The molecule has 1 aromatic heterocycles. The van der Waals surface area contributed by atoms with E-state index in [0.717, 1.165) is 13.0 Å². The average molecular weight is 318 g/mol. The van der Waals surface area contributed by atoms with Crippen molar-refractivity contribution in [1.29, 1.82) is 0 Å². The summed E-state index contributed by atoms with van der Waals surface area (Å²) in [5.74, 6) is 0.549. The quantitative estimate of drug-likeness (QED) is 0.871. The summed E-state index contributed by atoms with van der Waals surface area (Å²) in [5, 5.41) is 12.6. The van der Waals surface area contributed by atoms with Crippen molar-refractivity contribution in [3.8, 4) is 0 Å². The molecule has 0 aromatic carbocycles. The summed E-state index contributed by atoms with van der Waals surface area (Å²) in [7, 11) is 0. The molecule has 0 saturated carbocycles. The number of rotatable bonds is 5. The van der Waals surface area contributed by atoms with Crippen LogP contribution in [-0.2, 0) is 6.42 Å². The molecule has 0 amide bonds. The first-order valence-corrected chi connectivity index (χ1v) is 7.94. The second-order valence-electron chi connectivity index (χ2n) is 4.90. The highest BCUT2D eigenvalue weighted by Gasteiger charge is 2.22. The van der Waals surface area contributed by atoms with Crippen LogP contribution in [-0.4, -0.2) is 18.3 Å². The van der Waals surface area contributed by atoms with Gasteiger partial charge in [0.25, 0.3) is 0 Å². The minimum atomic E-state index is 0.294. The lowest BCUT2D eigenvalue weighted by Crippen LogP contribution is -2.28. The van der Waals surface area contributed by atoms with Crippen LogP contribution in [0.1, 0.15) is 42.7 Å². The van der Waals surface area contributed by atoms with Crippen LogP contribution in [0, 0.1) is 5.92 Å². The van der Waals surface area contributed by atoms with Gasteiger partial charge in [0.2, 0.25) is 0 Å². The van der Waals surface area contributed by atoms with Crippen molar-refractivity contribution in [2.75, 3.05) is 13.2 Å². The summed E-state index contributed by atoms with van der Waals surface area (Å²) in [6.45, 7) is 3.48. The fourth-order valence-electron chi connectivity index (χ4n) is 2.40. The number of hydrogen-bond acceptors (Lipinski definition) is 3. The smallest absolute Gasteiger partial charge is 0.0704 e. The molecule has 17 heavy (non-hydrogen) atoms. The van der Waals surface area contributed by atoms with E-state index in [1.165, 1.54) is 33.5 Å². The summed E-state index contributed by atoms with van der Waals surface area (Å²) < 4.78 is 1.25. The van der Waals surface area contributed by atoms with Gasteiger partial charge in [-0.1, -0.05) is 6.92 Å². The molecule has 0 radical (unpaired) electrons. The molecule has 1 aromatic rings. The van der Waals surface area contributed by atoms with Crippen LogP contribution in [0.4, 0.5) is 0 Å². The summed E-state index contributed by atoms with van der Waals surface area (Å²) >= 11 is 5.46. The zero-order valence-electron chi connectivity index (χ0n) is 10.2. The van der Waals surface area contributed by atoms with Crippen LogP contribution >= 0.6 is 27.3 Å². The average Bonchev–Trinajstić information content (AvgIpc) is 2.67. The standard InChI is InChI=1S/C13H20BrNOS/c1-9(5-6-16)8-15-11-3-2-4-12-10(11)7-13(14)17-12/h7,9,11,15-16H,2-6,8H2,1H3. The number of fused-ring (bicyclic) bond motifs is 1. The Bertz CT molecular complexity index is 366. The van der Waals surface area contributed by atoms with E-state index in [2.05, 4.69) is 34.2 Å².